The normalized spacial score (nSPS) is 12.8. The molecular weight excluding hydrogens is 420 g/mol. The summed E-state index contributed by atoms with van der Waals surface area (Å²) in [6, 6.07) is 13.9. The molecule has 0 N–H and O–H groups in total. The first kappa shape index (κ1) is 27.2. The van der Waals surface area contributed by atoms with Crippen LogP contribution in [-0.4, -0.2) is 0 Å². The van der Waals surface area contributed by atoms with Crippen molar-refractivity contribution < 1.29 is 0 Å². The van der Waals surface area contributed by atoms with Crippen LogP contribution >= 0.6 is 0 Å². The monoisotopic (exact) mass is 466 g/mol. The second-order valence-electron chi connectivity index (χ2n) is 10.4. The first-order valence-corrected chi connectivity index (χ1v) is 14.3. The Morgan fingerprint density at radius 3 is 1.34 bits per heavy atom. The lowest BCUT2D eigenvalue weighted by Gasteiger charge is -2.33. The van der Waals surface area contributed by atoms with Gasteiger partial charge in [0, 0.05) is 16.5 Å². The minimum absolute atomic E-state index is 0.0943. The van der Waals surface area contributed by atoms with E-state index in [1.54, 1.807) is 0 Å². The van der Waals surface area contributed by atoms with Gasteiger partial charge in [-0.2, -0.15) is 0 Å². The summed E-state index contributed by atoms with van der Waals surface area (Å²) in [5.41, 5.74) is 8.31. The molecule has 0 saturated carbocycles. The predicted molar refractivity (Wildman–Crippen MR) is 154 cm³/mol. The number of hydrogen-bond donors (Lipinski definition) is 0. The summed E-state index contributed by atoms with van der Waals surface area (Å²) >= 11 is 0. The molecule has 0 amide bonds. The molecule has 0 atom stereocenters. The fourth-order valence-electron chi connectivity index (χ4n) is 6.02. The minimum Gasteiger partial charge on any atom is -0.101 e. The van der Waals surface area contributed by atoms with Crippen molar-refractivity contribution in [3.8, 4) is 34.8 Å². The van der Waals surface area contributed by atoms with Gasteiger partial charge in [-0.15, -0.1) is 11.8 Å². The van der Waals surface area contributed by atoms with Crippen LogP contribution < -0.4 is 0 Å². The predicted octanol–water partition coefficient (Wildman–Crippen LogP) is 10.2. The topological polar surface area (TPSA) is 0 Å². The van der Waals surface area contributed by atoms with Gasteiger partial charge in [-0.1, -0.05) is 115 Å². The summed E-state index contributed by atoms with van der Waals surface area (Å²) in [6.45, 7) is 8.49. The Morgan fingerprint density at radius 1 is 0.543 bits per heavy atom. The molecule has 2 aromatic rings. The summed E-state index contributed by atoms with van der Waals surface area (Å²) in [6.07, 6.45) is 18.6. The van der Waals surface area contributed by atoms with Crippen LogP contribution in [-0.2, 0) is 5.41 Å². The van der Waals surface area contributed by atoms with Crippen LogP contribution in [0.4, 0.5) is 0 Å². The van der Waals surface area contributed by atoms with Crippen LogP contribution in [0.25, 0.3) is 11.1 Å². The maximum Gasteiger partial charge on any atom is 0.0248 e. The van der Waals surface area contributed by atoms with E-state index in [-0.39, 0.29) is 5.41 Å². The molecule has 0 heterocycles. The van der Waals surface area contributed by atoms with Crippen molar-refractivity contribution in [3.05, 3.63) is 58.7 Å². The highest BCUT2D eigenvalue weighted by Crippen LogP contribution is 2.54. The molecule has 0 nitrogen and oxygen atoms in total. The quantitative estimate of drug-likeness (QED) is 0.192. The third-order valence-electron chi connectivity index (χ3n) is 7.81. The van der Waals surface area contributed by atoms with Crippen LogP contribution in [0, 0.1) is 23.7 Å². The zero-order valence-electron chi connectivity index (χ0n) is 22.9. The third kappa shape index (κ3) is 6.83. The molecule has 0 heteroatoms. The molecule has 3 rings (SSSR count). The van der Waals surface area contributed by atoms with Crippen molar-refractivity contribution in [2.45, 2.75) is 123 Å². The molecule has 0 fully saturated rings. The van der Waals surface area contributed by atoms with Gasteiger partial charge in [-0.25, -0.2) is 0 Å². The van der Waals surface area contributed by atoms with E-state index in [2.05, 4.69) is 73.9 Å². The maximum absolute atomic E-state index is 3.34. The molecule has 186 valence electrons. The molecule has 0 spiro atoms. The Bertz CT molecular complexity index is 975. The van der Waals surface area contributed by atoms with Gasteiger partial charge in [-0.3, -0.25) is 0 Å². The Kier molecular flexibility index (Phi) is 11.0. The molecule has 0 aromatic heterocycles. The Labute approximate surface area is 216 Å². The average Bonchev–Trinajstić information content (AvgIpc) is 3.13. The van der Waals surface area contributed by atoms with E-state index in [4.69, 9.17) is 0 Å². The Morgan fingerprint density at radius 2 is 0.943 bits per heavy atom. The van der Waals surface area contributed by atoms with Crippen LogP contribution in [0.1, 0.15) is 140 Å². The van der Waals surface area contributed by atoms with Crippen LogP contribution in [0.2, 0.25) is 0 Å². The highest BCUT2D eigenvalue weighted by atomic mass is 14.4. The fraction of sp³-hybridized carbons (Fsp3) is 0.543. The lowest BCUT2D eigenvalue weighted by Crippen LogP contribution is -2.26. The van der Waals surface area contributed by atoms with Gasteiger partial charge >= 0.3 is 0 Å². The Balaban J connectivity index is 1.98. The molecule has 2 aromatic carbocycles. The van der Waals surface area contributed by atoms with E-state index >= 15 is 0 Å². The second kappa shape index (κ2) is 14.2. The summed E-state index contributed by atoms with van der Waals surface area (Å²) in [5, 5.41) is 0. The number of rotatable bonds is 14. The molecule has 0 saturated heterocycles. The van der Waals surface area contributed by atoms with Gasteiger partial charge in [0.2, 0.25) is 0 Å². The van der Waals surface area contributed by atoms with E-state index in [1.165, 1.54) is 112 Å². The van der Waals surface area contributed by atoms with Gasteiger partial charge < -0.3 is 0 Å². The lowest BCUT2D eigenvalue weighted by atomic mass is 9.70. The second-order valence-corrected chi connectivity index (χ2v) is 10.4. The lowest BCUT2D eigenvalue weighted by molar-refractivity contribution is 0.397. The van der Waals surface area contributed by atoms with Crippen molar-refractivity contribution in [1.82, 2.24) is 0 Å². The van der Waals surface area contributed by atoms with Gasteiger partial charge in [0.25, 0.3) is 0 Å². The van der Waals surface area contributed by atoms with E-state index in [0.717, 1.165) is 11.1 Å². The SMILES string of the molecule is CC#Cc1ccc2c(c1)C(CCCCCCCC)(CCCCCCCC)c1cc(C#CC)ccc1-2. The summed E-state index contributed by atoms with van der Waals surface area (Å²) in [4.78, 5) is 0. The van der Waals surface area contributed by atoms with Gasteiger partial charge in [0.05, 0.1) is 0 Å². The van der Waals surface area contributed by atoms with Crippen molar-refractivity contribution >= 4 is 0 Å². The number of benzene rings is 2. The molecular formula is C35H46. The van der Waals surface area contributed by atoms with Crippen LogP contribution in [0.15, 0.2) is 36.4 Å². The third-order valence-corrected chi connectivity index (χ3v) is 7.81. The van der Waals surface area contributed by atoms with E-state index in [0.29, 0.717) is 0 Å². The van der Waals surface area contributed by atoms with Crippen molar-refractivity contribution in [3.63, 3.8) is 0 Å². The van der Waals surface area contributed by atoms with Crippen LogP contribution in [0.5, 0.6) is 0 Å². The first-order valence-electron chi connectivity index (χ1n) is 14.3. The molecule has 0 aliphatic heterocycles. The van der Waals surface area contributed by atoms with E-state index in [9.17, 15) is 0 Å². The van der Waals surface area contributed by atoms with E-state index < -0.39 is 0 Å². The van der Waals surface area contributed by atoms with Crippen molar-refractivity contribution in [1.29, 1.82) is 0 Å². The molecule has 0 bridgehead atoms. The summed E-state index contributed by atoms with van der Waals surface area (Å²) in [5.74, 6) is 12.9. The van der Waals surface area contributed by atoms with E-state index in [1.807, 2.05) is 13.8 Å². The summed E-state index contributed by atoms with van der Waals surface area (Å²) in [7, 11) is 0. The molecule has 1 aliphatic rings. The highest BCUT2D eigenvalue weighted by molar-refractivity contribution is 5.82. The molecule has 1 aliphatic carbocycles. The largest absolute Gasteiger partial charge is 0.101 e. The maximum atomic E-state index is 3.34. The van der Waals surface area contributed by atoms with Crippen molar-refractivity contribution in [2.24, 2.45) is 0 Å². The first-order chi connectivity index (χ1) is 17.2. The number of unbranched alkanes of at least 4 members (excludes halogenated alkanes) is 10. The zero-order chi connectivity index (χ0) is 24.9. The average molecular weight is 467 g/mol. The van der Waals surface area contributed by atoms with Gasteiger partial charge in [-0.05, 0) is 73.2 Å². The van der Waals surface area contributed by atoms with Gasteiger partial charge in [0.1, 0.15) is 0 Å². The number of hydrogen-bond acceptors (Lipinski definition) is 0. The smallest absolute Gasteiger partial charge is 0.0248 e. The molecule has 35 heavy (non-hydrogen) atoms. The Hall–Kier alpha value is -2.44. The highest BCUT2D eigenvalue weighted by Gasteiger charge is 2.42. The molecule has 0 radical (unpaired) electrons. The summed E-state index contributed by atoms with van der Waals surface area (Å²) < 4.78 is 0. The zero-order valence-corrected chi connectivity index (χ0v) is 22.9. The fourth-order valence-corrected chi connectivity index (χ4v) is 6.02. The minimum atomic E-state index is 0.0943. The van der Waals surface area contributed by atoms with Gasteiger partial charge in [0.15, 0.2) is 0 Å². The number of fused-ring (bicyclic) bond motifs is 3. The van der Waals surface area contributed by atoms with Crippen LogP contribution in [0.3, 0.4) is 0 Å². The van der Waals surface area contributed by atoms with Crippen molar-refractivity contribution in [2.75, 3.05) is 0 Å². The standard InChI is InChI=1S/C35H46/c1-5-9-11-13-15-17-25-35(26-18-16-14-12-10-6-2)33-27-29(19-7-3)21-23-31(33)32-24-22-30(20-8-4)28-34(32)35/h21-24,27-28H,5-6,9-18,25-26H2,1-4H3. The molecule has 0 unspecified atom stereocenters.